The van der Waals surface area contributed by atoms with Gasteiger partial charge in [0.1, 0.15) is 5.25 Å². The van der Waals surface area contributed by atoms with Crippen LogP contribution in [-0.2, 0) is 21.0 Å². The van der Waals surface area contributed by atoms with Crippen LogP contribution in [0.2, 0.25) is 0 Å². The van der Waals surface area contributed by atoms with Crippen LogP contribution in [0.4, 0.5) is 0 Å². The third kappa shape index (κ3) is 3.69. The first-order valence-electron chi connectivity index (χ1n) is 6.80. The van der Waals surface area contributed by atoms with Crippen molar-refractivity contribution < 1.29 is 12.9 Å². The third-order valence-corrected chi connectivity index (χ3v) is 5.22. The summed E-state index contributed by atoms with van der Waals surface area (Å²) in [5, 5.41) is 3.06. The molecule has 0 bridgehead atoms. The van der Waals surface area contributed by atoms with Crippen molar-refractivity contribution in [1.29, 1.82) is 0 Å². The zero-order valence-electron chi connectivity index (χ0n) is 12.7. The summed E-state index contributed by atoms with van der Waals surface area (Å²) in [5.41, 5.74) is 0.477. The zero-order chi connectivity index (χ0) is 15.7. The Labute approximate surface area is 125 Å². The van der Waals surface area contributed by atoms with E-state index in [0.29, 0.717) is 5.82 Å². The van der Waals surface area contributed by atoms with E-state index >= 15 is 0 Å². The van der Waals surface area contributed by atoms with E-state index in [0.717, 1.165) is 5.56 Å². The smallest absolute Gasteiger partial charge is 0.244 e. The van der Waals surface area contributed by atoms with Crippen LogP contribution in [-0.4, -0.2) is 18.6 Å². The van der Waals surface area contributed by atoms with Crippen molar-refractivity contribution in [2.24, 2.45) is 0 Å². The van der Waals surface area contributed by atoms with Crippen LogP contribution in [0.25, 0.3) is 0 Å². The molecule has 5 nitrogen and oxygen atoms in total. The SMILES string of the molecule is C[C@H](c1nc(C(C)(C)C)no1)S(=O)(=O)Cc1ccccc1. The molecule has 21 heavy (non-hydrogen) atoms. The van der Waals surface area contributed by atoms with Gasteiger partial charge in [0, 0.05) is 5.41 Å². The highest BCUT2D eigenvalue weighted by Gasteiger charge is 2.30. The van der Waals surface area contributed by atoms with Gasteiger partial charge >= 0.3 is 0 Å². The largest absolute Gasteiger partial charge is 0.338 e. The van der Waals surface area contributed by atoms with Gasteiger partial charge in [-0.1, -0.05) is 56.3 Å². The minimum Gasteiger partial charge on any atom is -0.338 e. The van der Waals surface area contributed by atoms with Crippen molar-refractivity contribution in [3.63, 3.8) is 0 Å². The first kappa shape index (κ1) is 15.7. The molecule has 0 unspecified atom stereocenters. The Kier molecular flexibility index (Phi) is 4.18. The predicted molar refractivity (Wildman–Crippen MR) is 80.5 cm³/mol. The molecule has 1 atom stereocenters. The minimum absolute atomic E-state index is 0.0394. The first-order valence-corrected chi connectivity index (χ1v) is 8.51. The van der Waals surface area contributed by atoms with Crippen LogP contribution in [0.5, 0.6) is 0 Å². The lowest BCUT2D eigenvalue weighted by Gasteiger charge is -2.11. The molecule has 2 aromatic rings. The van der Waals surface area contributed by atoms with Crippen molar-refractivity contribution in [2.75, 3.05) is 0 Å². The molecular formula is C15H20N2O3S. The van der Waals surface area contributed by atoms with E-state index in [1.807, 2.05) is 39.0 Å². The molecule has 6 heteroatoms. The normalized spacial score (nSPS) is 14.1. The second-order valence-corrected chi connectivity index (χ2v) is 8.46. The lowest BCUT2D eigenvalue weighted by Crippen LogP contribution is -2.15. The summed E-state index contributed by atoms with van der Waals surface area (Å²) < 4.78 is 30.0. The fourth-order valence-corrected chi connectivity index (χ4v) is 3.10. The van der Waals surface area contributed by atoms with Gasteiger partial charge in [-0.3, -0.25) is 0 Å². The Morgan fingerprint density at radius 3 is 2.33 bits per heavy atom. The summed E-state index contributed by atoms with van der Waals surface area (Å²) in [6.07, 6.45) is 0. The summed E-state index contributed by atoms with van der Waals surface area (Å²) in [4.78, 5) is 4.23. The van der Waals surface area contributed by atoms with Gasteiger partial charge < -0.3 is 4.52 Å². The van der Waals surface area contributed by atoms with E-state index in [4.69, 9.17) is 4.52 Å². The molecule has 0 radical (unpaired) electrons. The molecule has 1 aromatic heterocycles. The second kappa shape index (κ2) is 5.60. The fourth-order valence-electron chi connectivity index (χ4n) is 1.79. The number of benzene rings is 1. The molecule has 0 aliphatic heterocycles. The summed E-state index contributed by atoms with van der Waals surface area (Å²) in [6.45, 7) is 7.43. The van der Waals surface area contributed by atoms with Gasteiger partial charge in [-0.2, -0.15) is 4.98 Å². The molecule has 1 heterocycles. The van der Waals surface area contributed by atoms with Gasteiger partial charge in [0.2, 0.25) is 5.89 Å². The molecule has 1 aromatic carbocycles. The minimum atomic E-state index is -3.39. The van der Waals surface area contributed by atoms with Crippen LogP contribution < -0.4 is 0 Å². The van der Waals surface area contributed by atoms with Crippen molar-refractivity contribution in [3.8, 4) is 0 Å². The topological polar surface area (TPSA) is 73.1 Å². The van der Waals surface area contributed by atoms with Crippen LogP contribution >= 0.6 is 0 Å². The summed E-state index contributed by atoms with van der Waals surface area (Å²) in [6, 6.07) is 9.07. The molecule has 0 saturated heterocycles. The van der Waals surface area contributed by atoms with Gasteiger partial charge in [-0.05, 0) is 12.5 Å². The van der Waals surface area contributed by atoms with Crippen LogP contribution in [0.1, 0.15) is 50.2 Å². The van der Waals surface area contributed by atoms with E-state index in [1.165, 1.54) is 0 Å². The third-order valence-electron chi connectivity index (χ3n) is 3.21. The lowest BCUT2D eigenvalue weighted by atomic mass is 9.96. The highest BCUT2D eigenvalue weighted by molar-refractivity contribution is 7.90. The Morgan fingerprint density at radius 1 is 1.19 bits per heavy atom. The molecule has 0 fully saturated rings. The molecule has 114 valence electrons. The van der Waals surface area contributed by atoms with Gasteiger partial charge in [-0.15, -0.1) is 0 Å². The Balaban J connectivity index is 2.22. The fraction of sp³-hybridized carbons (Fsp3) is 0.467. The van der Waals surface area contributed by atoms with Crippen molar-refractivity contribution >= 4 is 9.84 Å². The van der Waals surface area contributed by atoms with E-state index in [2.05, 4.69) is 10.1 Å². The average molecular weight is 308 g/mol. The second-order valence-electron chi connectivity index (χ2n) is 6.14. The van der Waals surface area contributed by atoms with E-state index in [-0.39, 0.29) is 17.1 Å². The standard InChI is InChI=1S/C15H20N2O3S/c1-11(13-16-14(17-20-13)15(2,3)4)21(18,19)10-12-8-6-5-7-9-12/h5-9,11H,10H2,1-4H3/t11-/m1/s1. The number of hydrogen-bond donors (Lipinski definition) is 0. The van der Waals surface area contributed by atoms with Crippen molar-refractivity contribution in [2.45, 2.75) is 44.1 Å². The summed E-state index contributed by atoms with van der Waals surface area (Å²) >= 11 is 0. The number of rotatable bonds is 4. The molecule has 0 aliphatic carbocycles. The quantitative estimate of drug-likeness (QED) is 0.868. The van der Waals surface area contributed by atoms with Gasteiger partial charge in [0.25, 0.3) is 0 Å². The van der Waals surface area contributed by atoms with Gasteiger partial charge in [0.05, 0.1) is 5.75 Å². The molecule has 2 rings (SSSR count). The predicted octanol–water partition coefficient (Wildman–Crippen LogP) is 3.04. The summed E-state index contributed by atoms with van der Waals surface area (Å²) in [5.74, 6) is 0.623. The average Bonchev–Trinajstić information content (AvgIpc) is 2.87. The Morgan fingerprint density at radius 2 is 1.81 bits per heavy atom. The number of sulfone groups is 1. The van der Waals surface area contributed by atoms with Gasteiger partial charge in [-0.25, -0.2) is 8.42 Å². The maximum atomic E-state index is 12.4. The van der Waals surface area contributed by atoms with Gasteiger partial charge in [0.15, 0.2) is 15.7 Å². The molecule has 0 amide bonds. The van der Waals surface area contributed by atoms with Crippen LogP contribution in [0, 0.1) is 0 Å². The highest BCUT2D eigenvalue weighted by Crippen LogP contribution is 2.26. The van der Waals surface area contributed by atoms with Crippen LogP contribution in [0.15, 0.2) is 34.9 Å². The maximum absolute atomic E-state index is 12.4. The van der Waals surface area contributed by atoms with E-state index in [1.54, 1.807) is 19.1 Å². The number of hydrogen-bond acceptors (Lipinski definition) is 5. The molecule has 0 spiro atoms. The highest BCUT2D eigenvalue weighted by atomic mass is 32.2. The Bertz CT molecular complexity index is 700. The zero-order valence-corrected chi connectivity index (χ0v) is 13.5. The Hall–Kier alpha value is -1.69. The number of nitrogens with zero attached hydrogens (tertiary/aromatic N) is 2. The van der Waals surface area contributed by atoms with Crippen LogP contribution in [0.3, 0.4) is 0 Å². The molecule has 0 saturated carbocycles. The molecule has 0 N–H and O–H groups in total. The summed E-state index contributed by atoms with van der Waals surface area (Å²) in [7, 11) is -3.39. The number of aromatic nitrogens is 2. The van der Waals surface area contributed by atoms with Crippen molar-refractivity contribution in [3.05, 3.63) is 47.6 Å². The molecule has 0 aliphatic rings. The molecular weight excluding hydrogens is 288 g/mol. The van der Waals surface area contributed by atoms with Crippen molar-refractivity contribution in [1.82, 2.24) is 10.1 Å². The lowest BCUT2D eigenvalue weighted by molar-refractivity contribution is 0.361. The van der Waals surface area contributed by atoms with E-state index < -0.39 is 15.1 Å². The van der Waals surface area contributed by atoms with E-state index in [9.17, 15) is 8.42 Å². The first-order chi connectivity index (χ1) is 9.70. The maximum Gasteiger partial charge on any atom is 0.244 e. The monoisotopic (exact) mass is 308 g/mol.